The van der Waals surface area contributed by atoms with E-state index in [1.54, 1.807) is 0 Å². The van der Waals surface area contributed by atoms with Crippen molar-refractivity contribution >= 4 is 28.4 Å². The summed E-state index contributed by atoms with van der Waals surface area (Å²) in [5.41, 5.74) is 7.14. The molecule has 1 heterocycles. The number of rotatable bonds is 3. The highest BCUT2D eigenvalue weighted by Crippen LogP contribution is 2.33. The summed E-state index contributed by atoms with van der Waals surface area (Å²) in [6.45, 7) is 4.42. The molecule has 1 saturated carbocycles. The zero-order chi connectivity index (χ0) is 12.4. The standard InChI is InChI=1S/C13H20IN3/c1-8(2)7-10-11(14)12(15)17-13(16-10)9-5-3-4-6-9/h8-9H,3-7H2,1-2H3,(H2,15,16,17). The summed E-state index contributed by atoms with van der Waals surface area (Å²) in [7, 11) is 0. The van der Waals surface area contributed by atoms with Gasteiger partial charge in [0.15, 0.2) is 0 Å². The lowest BCUT2D eigenvalue weighted by molar-refractivity contribution is 0.611. The van der Waals surface area contributed by atoms with E-state index >= 15 is 0 Å². The molecule has 1 fully saturated rings. The third kappa shape index (κ3) is 3.09. The normalized spacial score (nSPS) is 16.9. The minimum absolute atomic E-state index is 0.542. The Hall–Kier alpha value is -0.390. The van der Waals surface area contributed by atoms with Crippen LogP contribution in [-0.4, -0.2) is 9.97 Å². The average molecular weight is 345 g/mol. The summed E-state index contributed by atoms with van der Waals surface area (Å²) >= 11 is 2.27. The second-order valence-corrected chi connectivity index (χ2v) is 6.39. The Kier molecular flexibility index (Phi) is 4.22. The van der Waals surface area contributed by atoms with Crippen LogP contribution in [0.3, 0.4) is 0 Å². The van der Waals surface area contributed by atoms with Crippen LogP contribution in [0, 0.1) is 9.49 Å². The minimum Gasteiger partial charge on any atom is -0.383 e. The van der Waals surface area contributed by atoms with Crippen molar-refractivity contribution in [2.24, 2.45) is 5.92 Å². The van der Waals surface area contributed by atoms with Gasteiger partial charge in [-0.05, 0) is 47.8 Å². The largest absolute Gasteiger partial charge is 0.383 e. The van der Waals surface area contributed by atoms with Crippen LogP contribution in [-0.2, 0) is 6.42 Å². The van der Waals surface area contributed by atoms with E-state index in [9.17, 15) is 0 Å². The molecule has 0 bridgehead atoms. The van der Waals surface area contributed by atoms with Crippen LogP contribution in [0.1, 0.15) is 57.0 Å². The summed E-state index contributed by atoms with van der Waals surface area (Å²) in [5.74, 6) is 2.80. The lowest BCUT2D eigenvalue weighted by Crippen LogP contribution is -2.11. The Balaban J connectivity index is 2.31. The summed E-state index contributed by atoms with van der Waals surface area (Å²) in [4.78, 5) is 9.24. The SMILES string of the molecule is CC(C)Cc1nc(C2CCCC2)nc(N)c1I. The molecule has 0 atom stereocenters. The van der Waals surface area contributed by atoms with E-state index in [0.29, 0.717) is 17.7 Å². The van der Waals surface area contributed by atoms with Gasteiger partial charge in [-0.1, -0.05) is 26.7 Å². The number of nitrogens with two attached hydrogens (primary N) is 1. The Morgan fingerprint density at radius 1 is 1.29 bits per heavy atom. The van der Waals surface area contributed by atoms with Crippen LogP contribution < -0.4 is 5.73 Å². The van der Waals surface area contributed by atoms with Crippen LogP contribution in [0.25, 0.3) is 0 Å². The molecule has 0 radical (unpaired) electrons. The quantitative estimate of drug-likeness (QED) is 0.853. The Morgan fingerprint density at radius 3 is 2.53 bits per heavy atom. The number of hydrogen-bond acceptors (Lipinski definition) is 3. The molecule has 2 N–H and O–H groups in total. The Labute approximate surface area is 117 Å². The molecule has 17 heavy (non-hydrogen) atoms. The zero-order valence-corrected chi connectivity index (χ0v) is 12.7. The summed E-state index contributed by atoms with van der Waals surface area (Å²) in [5, 5.41) is 0. The first-order valence-electron chi connectivity index (χ1n) is 6.39. The van der Waals surface area contributed by atoms with Gasteiger partial charge < -0.3 is 5.73 Å². The molecular formula is C13H20IN3. The van der Waals surface area contributed by atoms with E-state index in [1.165, 1.54) is 25.7 Å². The van der Waals surface area contributed by atoms with Gasteiger partial charge in [0.05, 0.1) is 9.26 Å². The summed E-state index contributed by atoms with van der Waals surface area (Å²) in [6, 6.07) is 0. The van der Waals surface area contributed by atoms with E-state index < -0.39 is 0 Å². The molecule has 1 aromatic heterocycles. The number of halogens is 1. The molecule has 0 amide bonds. The van der Waals surface area contributed by atoms with Crippen molar-refractivity contribution < 1.29 is 0 Å². The lowest BCUT2D eigenvalue weighted by atomic mass is 10.1. The van der Waals surface area contributed by atoms with Gasteiger partial charge in [0, 0.05) is 5.92 Å². The fourth-order valence-electron chi connectivity index (χ4n) is 2.42. The van der Waals surface area contributed by atoms with Crippen LogP contribution in [0.5, 0.6) is 0 Å². The highest BCUT2D eigenvalue weighted by Gasteiger charge is 2.22. The molecule has 0 aliphatic heterocycles. The molecule has 3 nitrogen and oxygen atoms in total. The van der Waals surface area contributed by atoms with Crippen LogP contribution in [0.4, 0.5) is 5.82 Å². The van der Waals surface area contributed by atoms with Crippen molar-refractivity contribution in [3.8, 4) is 0 Å². The van der Waals surface area contributed by atoms with Crippen molar-refractivity contribution in [3.05, 3.63) is 15.1 Å². The number of aromatic nitrogens is 2. The number of anilines is 1. The number of nitrogen functional groups attached to an aromatic ring is 1. The molecule has 0 aromatic carbocycles. The minimum atomic E-state index is 0.542. The van der Waals surface area contributed by atoms with E-state index in [1.807, 2.05) is 0 Å². The van der Waals surface area contributed by atoms with Gasteiger partial charge in [-0.25, -0.2) is 9.97 Å². The van der Waals surface area contributed by atoms with Crippen LogP contribution in [0.2, 0.25) is 0 Å². The first kappa shape index (κ1) is 13.1. The van der Waals surface area contributed by atoms with Gasteiger partial charge in [0.25, 0.3) is 0 Å². The van der Waals surface area contributed by atoms with Gasteiger partial charge in [-0.15, -0.1) is 0 Å². The number of nitrogens with zero attached hydrogens (tertiary/aromatic N) is 2. The maximum Gasteiger partial charge on any atom is 0.140 e. The molecule has 4 heteroatoms. The third-order valence-corrected chi connectivity index (χ3v) is 4.46. The fourth-order valence-corrected chi connectivity index (χ4v) is 2.88. The zero-order valence-electron chi connectivity index (χ0n) is 10.5. The van der Waals surface area contributed by atoms with Crippen molar-refractivity contribution in [1.29, 1.82) is 0 Å². The maximum absolute atomic E-state index is 6.01. The predicted octanol–water partition coefficient (Wildman–Crippen LogP) is 3.52. The van der Waals surface area contributed by atoms with Crippen molar-refractivity contribution in [3.63, 3.8) is 0 Å². The fraction of sp³-hybridized carbons (Fsp3) is 0.692. The third-order valence-electron chi connectivity index (χ3n) is 3.28. The van der Waals surface area contributed by atoms with Crippen LogP contribution in [0.15, 0.2) is 0 Å². The monoisotopic (exact) mass is 345 g/mol. The molecule has 1 aliphatic carbocycles. The summed E-state index contributed by atoms with van der Waals surface area (Å²) in [6.07, 6.45) is 6.05. The second-order valence-electron chi connectivity index (χ2n) is 5.31. The molecule has 2 rings (SSSR count). The van der Waals surface area contributed by atoms with Crippen molar-refractivity contribution in [2.45, 2.75) is 51.9 Å². The molecule has 1 aliphatic rings. The highest BCUT2D eigenvalue weighted by atomic mass is 127. The molecule has 1 aromatic rings. The topological polar surface area (TPSA) is 51.8 Å². The van der Waals surface area contributed by atoms with E-state index in [-0.39, 0.29) is 0 Å². The average Bonchev–Trinajstić information content (AvgIpc) is 2.77. The van der Waals surface area contributed by atoms with Crippen LogP contribution >= 0.6 is 22.6 Å². The lowest BCUT2D eigenvalue weighted by Gasteiger charge is -2.13. The predicted molar refractivity (Wildman–Crippen MR) is 78.9 cm³/mol. The van der Waals surface area contributed by atoms with Crippen molar-refractivity contribution in [2.75, 3.05) is 5.73 Å². The highest BCUT2D eigenvalue weighted by molar-refractivity contribution is 14.1. The molecule has 94 valence electrons. The second kappa shape index (κ2) is 5.50. The van der Waals surface area contributed by atoms with E-state index in [4.69, 9.17) is 10.7 Å². The molecule has 0 spiro atoms. The molecular weight excluding hydrogens is 325 g/mol. The Bertz CT molecular complexity index is 398. The van der Waals surface area contributed by atoms with E-state index in [2.05, 4.69) is 41.4 Å². The van der Waals surface area contributed by atoms with Gasteiger partial charge >= 0.3 is 0 Å². The van der Waals surface area contributed by atoms with E-state index in [0.717, 1.165) is 21.5 Å². The van der Waals surface area contributed by atoms with Gasteiger partial charge in [-0.3, -0.25) is 0 Å². The van der Waals surface area contributed by atoms with Crippen molar-refractivity contribution in [1.82, 2.24) is 9.97 Å². The van der Waals surface area contributed by atoms with Gasteiger partial charge in [-0.2, -0.15) is 0 Å². The molecule has 0 saturated heterocycles. The number of hydrogen-bond donors (Lipinski definition) is 1. The first-order chi connectivity index (χ1) is 8.08. The summed E-state index contributed by atoms with van der Waals surface area (Å²) < 4.78 is 1.04. The first-order valence-corrected chi connectivity index (χ1v) is 7.47. The smallest absolute Gasteiger partial charge is 0.140 e. The molecule has 0 unspecified atom stereocenters. The maximum atomic E-state index is 6.01. The van der Waals surface area contributed by atoms with Gasteiger partial charge in [0.2, 0.25) is 0 Å². The van der Waals surface area contributed by atoms with Gasteiger partial charge in [0.1, 0.15) is 11.6 Å². The Morgan fingerprint density at radius 2 is 1.94 bits per heavy atom.